The van der Waals surface area contributed by atoms with E-state index in [2.05, 4.69) is 9.80 Å². The fourth-order valence-electron chi connectivity index (χ4n) is 2.75. The normalized spacial score (nSPS) is 19.6. The van der Waals surface area contributed by atoms with Gasteiger partial charge in [-0.05, 0) is 25.0 Å². The first kappa shape index (κ1) is 12.9. The summed E-state index contributed by atoms with van der Waals surface area (Å²) >= 11 is 0. The van der Waals surface area contributed by atoms with Crippen molar-refractivity contribution in [1.82, 2.24) is 4.90 Å². The second-order valence-electron chi connectivity index (χ2n) is 5.32. The number of nitriles is 1. The minimum atomic E-state index is -0.507. The highest BCUT2D eigenvalue weighted by molar-refractivity contribution is 5.60. The van der Waals surface area contributed by atoms with Crippen molar-refractivity contribution in [3.8, 4) is 6.07 Å². The van der Waals surface area contributed by atoms with Gasteiger partial charge in [0.05, 0.1) is 4.92 Å². The van der Waals surface area contributed by atoms with Crippen LogP contribution in [0.5, 0.6) is 0 Å². The zero-order valence-corrected chi connectivity index (χ0v) is 11.2. The van der Waals surface area contributed by atoms with E-state index in [4.69, 9.17) is 5.26 Å². The van der Waals surface area contributed by atoms with E-state index >= 15 is 0 Å². The predicted molar refractivity (Wildman–Crippen MR) is 74.6 cm³/mol. The largest absolute Gasteiger partial charge is 0.369 e. The van der Waals surface area contributed by atoms with Gasteiger partial charge < -0.3 is 4.90 Å². The van der Waals surface area contributed by atoms with E-state index in [0.29, 0.717) is 0 Å². The summed E-state index contributed by atoms with van der Waals surface area (Å²) in [4.78, 5) is 15.0. The molecule has 104 valence electrons. The Labute approximate surface area is 117 Å². The molecule has 0 amide bonds. The van der Waals surface area contributed by atoms with Gasteiger partial charge >= 0.3 is 0 Å². The number of piperazine rings is 1. The number of benzene rings is 1. The summed E-state index contributed by atoms with van der Waals surface area (Å²) in [6.07, 6.45) is 2.63. The van der Waals surface area contributed by atoms with Crippen LogP contribution in [0.25, 0.3) is 0 Å². The third-order valence-electron chi connectivity index (χ3n) is 4.04. The molecule has 6 heteroatoms. The van der Waals surface area contributed by atoms with Crippen LogP contribution in [0.15, 0.2) is 18.2 Å². The Bertz CT molecular complexity index is 569. The first-order chi connectivity index (χ1) is 9.69. The summed E-state index contributed by atoms with van der Waals surface area (Å²) in [7, 11) is 0. The molecular weight excluding hydrogens is 256 g/mol. The molecule has 0 radical (unpaired) electrons. The van der Waals surface area contributed by atoms with Crippen molar-refractivity contribution in [2.45, 2.75) is 18.9 Å². The van der Waals surface area contributed by atoms with E-state index in [9.17, 15) is 10.1 Å². The number of anilines is 1. The van der Waals surface area contributed by atoms with Crippen molar-refractivity contribution in [2.75, 3.05) is 31.1 Å². The van der Waals surface area contributed by atoms with Crippen LogP contribution >= 0.6 is 0 Å². The van der Waals surface area contributed by atoms with Gasteiger partial charge in [0.1, 0.15) is 11.6 Å². The quantitative estimate of drug-likeness (QED) is 0.619. The Kier molecular flexibility index (Phi) is 3.28. The number of hydrogen-bond donors (Lipinski definition) is 0. The standard InChI is InChI=1S/C14H16N4O2/c15-10-11-9-13(3-4-14(11)18(19)20)17-7-5-16(6-8-17)12-1-2-12/h3-4,9,12H,1-2,5-8H2. The van der Waals surface area contributed by atoms with E-state index in [1.54, 1.807) is 12.1 Å². The number of nitrogens with zero attached hydrogens (tertiary/aromatic N) is 4. The molecule has 0 aromatic heterocycles. The molecule has 0 atom stereocenters. The van der Waals surface area contributed by atoms with E-state index < -0.39 is 4.92 Å². The minimum Gasteiger partial charge on any atom is -0.369 e. The van der Waals surface area contributed by atoms with Gasteiger partial charge in [-0.15, -0.1) is 0 Å². The van der Waals surface area contributed by atoms with Gasteiger partial charge in [0.15, 0.2) is 0 Å². The Hall–Kier alpha value is -2.13. The zero-order chi connectivity index (χ0) is 14.1. The average Bonchev–Trinajstić information content (AvgIpc) is 3.31. The molecule has 1 aliphatic heterocycles. The van der Waals surface area contributed by atoms with Crippen molar-refractivity contribution in [1.29, 1.82) is 5.26 Å². The molecule has 1 aromatic rings. The molecule has 6 nitrogen and oxygen atoms in total. The number of hydrogen-bond acceptors (Lipinski definition) is 5. The lowest BCUT2D eigenvalue weighted by molar-refractivity contribution is -0.385. The van der Waals surface area contributed by atoms with E-state index in [1.165, 1.54) is 18.9 Å². The number of rotatable bonds is 3. The Morgan fingerprint density at radius 3 is 2.50 bits per heavy atom. The first-order valence-electron chi connectivity index (χ1n) is 6.86. The summed E-state index contributed by atoms with van der Waals surface area (Å²) in [5.74, 6) is 0. The van der Waals surface area contributed by atoms with Crippen LogP contribution in [-0.2, 0) is 0 Å². The van der Waals surface area contributed by atoms with Gasteiger partial charge in [-0.25, -0.2) is 0 Å². The van der Waals surface area contributed by atoms with E-state index in [0.717, 1.165) is 37.9 Å². The smallest absolute Gasteiger partial charge is 0.287 e. The van der Waals surface area contributed by atoms with Gasteiger partial charge in [-0.3, -0.25) is 15.0 Å². The maximum atomic E-state index is 10.8. The minimum absolute atomic E-state index is 0.118. The fourth-order valence-corrected chi connectivity index (χ4v) is 2.75. The molecule has 1 heterocycles. The molecule has 2 aliphatic rings. The monoisotopic (exact) mass is 272 g/mol. The molecule has 20 heavy (non-hydrogen) atoms. The number of nitro groups is 1. The van der Waals surface area contributed by atoms with Crippen molar-refractivity contribution >= 4 is 11.4 Å². The maximum absolute atomic E-state index is 10.8. The molecule has 1 aromatic carbocycles. The van der Waals surface area contributed by atoms with Gasteiger partial charge in [-0.2, -0.15) is 5.26 Å². The Morgan fingerprint density at radius 2 is 1.95 bits per heavy atom. The molecule has 0 bridgehead atoms. The van der Waals surface area contributed by atoms with Gasteiger partial charge in [0, 0.05) is 44.0 Å². The van der Waals surface area contributed by atoms with Crippen molar-refractivity contribution in [3.63, 3.8) is 0 Å². The van der Waals surface area contributed by atoms with E-state index in [-0.39, 0.29) is 11.3 Å². The fraction of sp³-hybridized carbons (Fsp3) is 0.500. The molecule has 3 rings (SSSR count). The average molecular weight is 272 g/mol. The molecule has 0 spiro atoms. The van der Waals surface area contributed by atoms with Crippen LogP contribution in [0, 0.1) is 21.4 Å². The summed E-state index contributed by atoms with van der Waals surface area (Å²) in [6.45, 7) is 3.89. The predicted octanol–water partition coefficient (Wildman–Crippen LogP) is 1.75. The van der Waals surface area contributed by atoms with Gasteiger partial charge in [0.25, 0.3) is 5.69 Å². The highest BCUT2D eigenvalue weighted by atomic mass is 16.6. The topological polar surface area (TPSA) is 73.4 Å². The molecule has 1 aliphatic carbocycles. The molecule has 1 saturated heterocycles. The Balaban J connectivity index is 1.74. The van der Waals surface area contributed by atoms with E-state index in [1.807, 2.05) is 6.07 Å². The SMILES string of the molecule is N#Cc1cc(N2CCN(C3CC3)CC2)ccc1[N+](=O)[O-]. The van der Waals surface area contributed by atoms with Crippen LogP contribution in [0.4, 0.5) is 11.4 Å². The van der Waals surface area contributed by atoms with Crippen LogP contribution in [0.2, 0.25) is 0 Å². The third-order valence-corrected chi connectivity index (χ3v) is 4.04. The van der Waals surface area contributed by atoms with Crippen molar-refractivity contribution in [3.05, 3.63) is 33.9 Å². The first-order valence-corrected chi connectivity index (χ1v) is 6.86. The maximum Gasteiger partial charge on any atom is 0.287 e. The van der Waals surface area contributed by atoms with Gasteiger partial charge in [-0.1, -0.05) is 0 Å². The van der Waals surface area contributed by atoms with Crippen LogP contribution in [0.3, 0.4) is 0 Å². The Morgan fingerprint density at radius 1 is 1.25 bits per heavy atom. The lowest BCUT2D eigenvalue weighted by Crippen LogP contribution is -2.47. The third kappa shape index (κ3) is 2.45. The highest BCUT2D eigenvalue weighted by Gasteiger charge is 2.31. The molecule has 0 unspecified atom stereocenters. The molecule has 2 fully saturated rings. The zero-order valence-electron chi connectivity index (χ0n) is 11.2. The van der Waals surface area contributed by atoms with Crippen LogP contribution in [-0.4, -0.2) is 42.0 Å². The summed E-state index contributed by atoms with van der Waals surface area (Å²) in [6, 6.07) is 7.50. The molecule has 0 N–H and O–H groups in total. The summed E-state index contributed by atoms with van der Waals surface area (Å²) in [5.41, 5.74) is 0.924. The number of nitro benzene ring substituents is 1. The second kappa shape index (κ2) is 5.10. The van der Waals surface area contributed by atoms with Crippen LogP contribution < -0.4 is 4.90 Å². The second-order valence-corrected chi connectivity index (χ2v) is 5.32. The lowest BCUT2D eigenvalue weighted by Gasteiger charge is -2.36. The van der Waals surface area contributed by atoms with Crippen molar-refractivity contribution in [2.24, 2.45) is 0 Å². The summed E-state index contributed by atoms with van der Waals surface area (Å²) < 4.78 is 0. The van der Waals surface area contributed by atoms with Gasteiger partial charge in [0.2, 0.25) is 0 Å². The van der Waals surface area contributed by atoms with Crippen LogP contribution in [0.1, 0.15) is 18.4 Å². The van der Waals surface area contributed by atoms with Crippen molar-refractivity contribution < 1.29 is 4.92 Å². The highest BCUT2D eigenvalue weighted by Crippen LogP contribution is 2.29. The lowest BCUT2D eigenvalue weighted by atomic mass is 10.1. The summed E-state index contributed by atoms with van der Waals surface area (Å²) in [5, 5.41) is 19.9. The molecular formula is C14H16N4O2. The molecule has 1 saturated carbocycles.